The highest BCUT2D eigenvalue weighted by Gasteiger charge is 2.44. The first-order valence-corrected chi connectivity index (χ1v) is 11.1. The largest absolute Gasteiger partial charge is 0.397 e. The molecular weight excluding hydrogens is 407 g/mol. The van der Waals surface area contributed by atoms with Gasteiger partial charge in [0, 0.05) is 32.1 Å². The Bertz CT molecular complexity index is 933. The van der Waals surface area contributed by atoms with Crippen LogP contribution in [0.25, 0.3) is 0 Å². The molecule has 1 atom stereocenters. The molecule has 4 aliphatic rings. The van der Waals surface area contributed by atoms with Gasteiger partial charge in [0.2, 0.25) is 5.91 Å². The molecule has 0 spiro atoms. The molecule has 2 saturated carbocycles. The highest BCUT2D eigenvalue weighted by molar-refractivity contribution is 5.78. The molecule has 0 bridgehead atoms. The Balaban J connectivity index is 1.45. The fourth-order valence-corrected chi connectivity index (χ4v) is 5.09. The van der Waals surface area contributed by atoms with E-state index >= 15 is 0 Å². The lowest BCUT2D eigenvalue weighted by Crippen LogP contribution is -2.57. The average molecular weight is 433 g/mol. The van der Waals surface area contributed by atoms with Crippen molar-refractivity contribution in [2.75, 3.05) is 31.1 Å². The Morgan fingerprint density at radius 1 is 1.19 bits per heavy atom. The Labute approximate surface area is 179 Å². The van der Waals surface area contributed by atoms with E-state index in [0.29, 0.717) is 30.4 Å². The number of alkyl halides is 3. The van der Waals surface area contributed by atoms with Crippen LogP contribution in [0.3, 0.4) is 0 Å². The number of carbonyl (C=O) groups is 1. The number of hydrogen-bond donors (Lipinski definition) is 1. The van der Waals surface area contributed by atoms with E-state index in [2.05, 4.69) is 11.4 Å². The number of nitriles is 1. The molecule has 1 saturated heterocycles. The summed E-state index contributed by atoms with van der Waals surface area (Å²) in [6.07, 6.45) is -1.06. The average Bonchev–Trinajstić information content (AvgIpc) is 3.63. The fourth-order valence-electron chi connectivity index (χ4n) is 5.09. The van der Waals surface area contributed by atoms with E-state index in [1.807, 2.05) is 4.90 Å². The molecule has 1 aromatic heterocycles. The number of carbonyl (C=O) groups excluding carboxylic acids is 1. The minimum atomic E-state index is -4.50. The van der Waals surface area contributed by atoms with Crippen LogP contribution >= 0.6 is 0 Å². The molecule has 0 aromatic carbocycles. The number of nitrogens with zero attached hydrogens (tertiary/aromatic N) is 4. The molecule has 5 rings (SSSR count). The van der Waals surface area contributed by atoms with Gasteiger partial charge in [-0.3, -0.25) is 4.79 Å². The minimum Gasteiger partial charge on any atom is -0.352 e. The van der Waals surface area contributed by atoms with E-state index in [-0.39, 0.29) is 18.5 Å². The van der Waals surface area contributed by atoms with Gasteiger partial charge in [-0.25, -0.2) is 4.98 Å². The maximum Gasteiger partial charge on any atom is 0.397 e. The van der Waals surface area contributed by atoms with Crippen molar-refractivity contribution in [3.05, 3.63) is 22.4 Å². The number of rotatable bonds is 4. The molecule has 3 heterocycles. The summed E-state index contributed by atoms with van der Waals surface area (Å²) in [6.45, 7) is 2.62. The summed E-state index contributed by atoms with van der Waals surface area (Å²) >= 11 is 0. The van der Waals surface area contributed by atoms with E-state index in [0.717, 1.165) is 62.0 Å². The summed E-state index contributed by atoms with van der Waals surface area (Å²) in [6, 6.07) is 2.12. The van der Waals surface area contributed by atoms with Crippen molar-refractivity contribution in [3.63, 3.8) is 0 Å². The third-order valence-electron chi connectivity index (χ3n) is 6.91. The lowest BCUT2D eigenvalue weighted by Gasteiger charge is -2.43. The van der Waals surface area contributed by atoms with Gasteiger partial charge < -0.3 is 15.1 Å². The monoisotopic (exact) mass is 433 g/mol. The molecule has 1 unspecified atom stereocenters. The van der Waals surface area contributed by atoms with Crippen LogP contribution in [0, 0.1) is 17.2 Å². The second-order valence-electron chi connectivity index (χ2n) is 9.20. The third-order valence-corrected chi connectivity index (χ3v) is 6.91. The van der Waals surface area contributed by atoms with Crippen molar-refractivity contribution in [3.8, 4) is 6.07 Å². The van der Waals surface area contributed by atoms with Crippen LogP contribution in [0.4, 0.5) is 19.0 Å². The number of pyridine rings is 1. The van der Waals surface area contributed by atoms with Gasteiger partial charge >= 0.3 is 6.18 Å². The summed E-state index contributed by atoms with van der Waals surface area (Å²) in [7, 11) is 0. The van der Waals surface area contributed by atoms with E-state index in [1.165, 1.54) is 4.90 Å². The number of nitrogens with one attached hydrogen (secondary N) is 1. The van der Waals surface area contributed by atoms with Crippen LogP contribution in [0.2, 0.25) is 0 Å². The zero-order valence-electron chi connectivity index (χ0n) is 17.3. The van der Waals surface area contributed by atoms with Gasteiger partial charge in [-0.2, -0.15) is 18.4 Å². The highest BCUT2D eigenvalue weighted by Crippen LogP contribution is 2.44. The summed E-state index contributed by atoms with van der Waals surface area (Å²) in [5.74, 6) is 0.496. The molecule has 2 aliphatic heterocycles. The number of halogens is 3. The van der Waals surface area contributed by atoms with Crippen LogP contribution < -0.4 is 10.2 Å². The van der Waals surface area contributed by atoms with Gasteiger partial charge in [0.1, 0.15) is 18.3 Å². The molecular formula is C22H26F3N5O. The van der Waals surface area contributed by atoms with E-state index < -0.39 is 18.5 Å². The molecule has 166 valence electrons. The Kier molecular flexibility index (Phi) is 5.08. The quantitative estimate of drug-likeness (QED) is 0.791. The molecule has 1 aromatic rings. The first-order chi connectivity index (χ1) is 14.9. The smallest absolute Gasteiger partial charge is 0.352 e. The normalized spacial score (nSPS) is 24.0. The van der Waals surface area contributed by atoms with Crippen LogP contribution in [-0.4, -0.2) is 54.2 Å². The van der Waals surface area contributed by atoms with Crippen molar-refractivity contribution in [1.82, 2.24) is 15.2 Å². The maximum atomic E-state index is 12.8. The molecule has 2 aliphatic carbocycles. The molecule has 9 heteroatoms. The SMILES string of the molecule is N#Cc1c(N2CCN(C(=O)CC(F)(F)F)C(C3CC3)C2)nc(C2CC2)c2c1CCNC2. The molecule has 0 radical (unpaired) electrons. The molecule has 1 N–H and O–H groups in total. The second-order valence-corrected chi connectivity index (χ2v) is 9.20. The highest BCUT2D eigenvalue weighted by atomic mass is 19.4. The summed E-state index contributed by atoms with van der Waals surface area (Å²) in [5.41, 5.74) is 3.92. The molecule has 1 amide bonds. The molecule has 6 nitrogen and oxygen atoms in total. The second kappa shape index (κ2) is 7.66. The number of aromatic nitrogens is 1. The third kappa shape index (κ3) is 4.10. The fraction of sp³-hybridized carbons (Fsp3) is 0.682. The van der Waals surface area contributed by atoms with Crippen molar-refractivity contribution in [1.29, 1.82) is 5.26 Å². The summed E-state index contributed by atoms with van der Waals surface area (Å²) < 4.78 is 38.5. The van der Waals surface area contributed by atoms with E-state index in [1.54, 1.807) is 0 Å². The van der Waals surface area contributed by atoms with Crippen molar-refractivity contribution < 1.29 is 18.0 Å². The van der Waals surface area contributed by atoms with Gasteiger partial charge in [-0.1, -0.05) is 0 Å². The van der Waals surface area contributed by atoms with Gasteiger partial charge in [0.25, 0.3) is 0 Å². The zero-order chi connectivity index (χ0) is 21.8. The number of fused-ring (bicyclic) bond motifs is 1. The van der Waals surface area contributed by atoms with Crippen LogP contribution in [-0.2, 0) is 17.8 Å². The number of piperazine rings is 1. The number of anilines is 1. The van der Waals surface area contributed by atoms with E-state index in [9.17, 15) is 23.2 Å². The first-order valence-electron chi connectivity index (χ1n) is 11.1. The Morgan fingerprint density at radius 3 is 2.61 bits per heavy atom. The van der Waals surface area contributed by atoms with Crippen LogP contribution in [0.1, 0.15) is 60.4 Å². The Hall–Kier alpha value is -2.34. The lowest BCUT2D eigenvalue weighted by molar-refractivity contribution is -0.163. The minimum absolute atomic E-state index is 0.232. The van der Waals surface area contributed by atoms with Crippen LogP contribution in [0.5, 0.6) is 0 Å². The van der Waals surface area contributed by atoms with Gasteiger partial charge in [0.05, 0.1) is 17.3 Å². The van der Waals surface area contributed by atoms with E-state index in [4.69, 9.17) is 4.98 Å². The molecule has 3 fully saturated rings. The van der Waals surface area contributed by atoms with Crippen molar-refractivity contribution >= 4 is 11.7 Å². The maximum absolute atomic E-state index is 12.8. The van der Waals surface area contributed by atoms with Gasteiger partial charge in [0.15, 0.2) is 0 Å². The number of amides is 1. The lowest BCUT2D eigenvalue weighted by atomic mass is 9.93. The zero-order valence-corrected chi connectivity index (χ0v) is 17.3. The van der Waals surface area contributed by atoms with Crippen LogP contribution in [0.15, 0.2) is 0 Å². The first kappa shape index (κ1) is 20.6. The summed E-state index contributed by atoms with van der Waals surface area (Å²) in [5, 5.41) is 13.4. The standard InChI is InChI=1S/C22H26F3N5O/c23-22(24,25)9-19(31)30-8-7-29(12-18(30)13-1-2-13)21-16(10-26)15-5-6-27-11-17(15)20(28-21)14-3-4-14/h13-14,18,27H,1-9,11-12H2. The molecule has 31 heavy (non-hydrogen) atoms. The van der Waals surface area contributed by atoms with Gasteiger partial charge in [-0.05, 0) is 55.7 Å². The van der Waals surface area contributed by atoms with Crippen molar-refractivity contribution in [2.24, 2.45) is 5.92 Å². The number of hydrogen-bond acceptors (Lipinski definition) is 5. The van der Waals surface area contributed by atoms with Crippen molar-refractivity contribution in [2.45, 2.75) is 63.2 Å². The summed E-state index contributed by atoms with van der Waals surface area (Å²) in [4.78, 5) is 20.8. The predicted molar refractivity (Wildman–Crippen MR) is 107 cm³/mol. The topological polar surface area (TPSA) is 72.3 Å². The predicted octanol–water partition coefficient (Wildman–Crippen LogP) is 2.86. The van der Waals surface area contributed by atoms with Gasteiger partial charge in [-0.15, -0.1) is 0 Å². The Morgan fingerprint density at radius 2 is 1.97 bits per heavy atom.